The number of fused-ring (bicyclic) bond motifs is 1. The maximum absolute atomic E-state index is 12.0. The molecule has 2 aliphatic rings. The van der Waals surface area contributed by atoms with Crippen molar-refractivity contribution in [3.63, 3.8) is 0 Å². The summed E-state index contributed by atoms with van der Waals surface area (Å²) in [6.45, 7) is 5.49. The number of nitrogens with zero attached hydrogens (tertiary/aromatic N) is 2. The van der Waals surface area contributed by atoms with Crippen molar-refractivity contribution in [2.45, 2.75) is 30.3 Å². The van der Waals surface area contributed by atoms with E-state index in [1.54, 1.807) is 6.34 Å². The molecule has 24 heavy (non-hydrogen) atoms. The van der Waals surface area contributed by atoms with Crippen LogP contribution in [0.2, 0.25) is 0 Å². The number of methoxy groups -OCH3 is 1. The number of carbonyl (C=O) groups is 2. The molecule has 130 valence electrons. The quantitative estimate of drug-likeness (QED) is 0.500. The first-order valence-corrected chi connectivity index (χ1v) is 9.39. The number of rotatable bonds is 3. The van der Waals surface area contributed by atoms with Gasteiger partial charge in [-0.15, -0.1) is 23.1 Å². The van der Waals surface area contributed by atoms with Crippen LogP contribution in [0.3, 0.4) is 0 Å². The number of thiophene rings is 1. The van der Waals surface area contributed by atoms with Crippen LogP contribution in [0.4, 0.5) is 11.4 Å². The Morgan fingerprint density at radius 2 is 2.12 bits per heavy atom. The molecule has 0 aliphatic carbocycles. The van der Waals surface area contributed by atoms with Crippen LogP contribution < -0.4 is 5.32 Å². The molecule has 1 saturated heterocycles. The van der Waals surface area contributed by atoms with E-state index in [0.717, 1.165) is 17.3 Å². The number of hydrogen-bond donors (Lipinski definition) is 1. The van der Waals surface area contributed by atoms with Gasteiger partial charge in [-0.2, -0.15) is 0 Å². The molecule has 3 heterocycles. The van der Waals surface area contributed by atoms with Gasteiger partial charge in [0.2, 0.25) is 5.91 Å². The van der Waals surface area contributed by atoms with Crippen LogP contribution in [0.1, 0.15) is 23.5 Å². The summed E-state index contributed by atoms with van der Waals surface area (Å²) in [5.41, 5.74) is 1.07. The highest BCUT2D eigenvalue weighted by molar-refractivity contribution is 8.02. The average molecular weight is 369 g/mol. The molecule has 0 bridgehead atoms. The van der Waals surface area contributed by atoms with Gasteiger partial charge in [0.05, 0.1) is 41.3 Å². The smallest absolute Gasteiger partial charge is 0.350 e. The second kappa shape index (κ2) is 7.12. The number of nitrogens with one attached hydrogen (secondary N) is 1. The Morgan fingerprint density at radius 3 is 2.79 bits per heavy atom. The number of morpholine rings is 1. The Bertz CT molecular complexity index is 679. The lowest BCUT2D eigenvalue weighted by Gasteiger charge is -2.33. The third-order valence-electron chi connectivity index (χ3n) is 3.62. The first-order valence-electron chi connectivity index (χ1n) is 7.59. The molecule has 2 atom stereocenters. The highest BCUT2D eigenvalue weighted by Crippen LogP contribution is 2.47. The number of hydrogen-bond acceptors (Lipinski definition) is 7. The Morgan fingerprint density at radius 1 is 1.42 bits per heavy atom. The van der Waals surface area contributed by atoms with Crippen molar-refractivity contribution in [3.8, 4) is 0 Å². The first kappa shape index (κ1) is 17.2. The van der Waals surface area contributed by atoms with Gasteiger partial charge in [0.15, 0.2) is 0 Å². The van der Waals surface area contributed by atoms with E-state index < -0.39 is 5.97 Å². The van der Waals surface area contributed by atoms with Crippen LogP contribution in [-0.2, 0) is 14.3 Å². The predicted octanol–water partition coefficient (Wildman–Crippen LogP) is 2.35. The van der Waals surface area contributed by atoms with Crippen LogP contribution in [0.25, 0.3) is 0 Å². The molecule has 2 aliphatic heterocycles. The molecule has 3 rings (SSSR count). The first-order chi connectivity index (χ1) is 11.5. The van der Waals surface area contributed by atoms with Crippen molar-refractivity contribution in [1.29, 1.82) is 0 Å². The zero-order valence-electron chi connectivity index (χ0n) is 13.7. The van der Waals surface area contributed by atoms with Crippen molar-refractivity contribution in [2.75, 3.05) is 31.3 Å². The number of carbonyl (C=O) groups excluding carboxylic acids is 2. The summed E-state index contributed by atoms with van der Waals surface area (Å²) in [5, 5.41) is 2.82. The molecule has 9 heteroatoms. The van der Waals surface area contributed by atoms with E-state index in [-0.39, 0.29) is 18.1 Å². The third kappa shape index (κ3) is 3.57. The third-order valence-corrected chi connectivity index (χ3v) is 6.05. The summed E-state index contributed by atoms with van der Waals surface area (Å²) in [6.07, 6.45) is 1.95. The fourth-order valence-electron chi connectivity index (χ4n) is 2.73. The zero-order valence-corrected chi connectivity index (χ0v) is 15.3. The van der Waals surface area contributed by atoms with Crippen LogP contribution >= 0.6 is 23.1 Å². The predicted molar refractivity (Wildman–Crippen MR) is 94.7 cm³/mol. The highest BCUT2D eigenvalue weighted by Gasteiger charge is 2.28. The van der Waals surface area contributed by atoms with Gasteiger partial charge in [-0.05, 0) is 13.8 Å². The van der Waals surface area contributed by atoms with Gasteiger partial charge >= 0.3 is 5.97 Å². The molecular weight excluding hydrogens is 350 g/mol. The van der Waals surface area contributed by atoms with Crippen LogP contribution in [0.15, 0.2) is 9.20 Å². The Labute approximate surface area is 148 Å². The standard InChI is InChI=1S/C15H19N3O4S2/c1-8-4-18(5-9(2)22-8)7-16-11-12-15(23-6-10(19)17-12)24-13(11)14(20)21-3/h7-9H,4-6H2,1-3H3,(H,17,19)/t8-,9-/m1/s1. The minimum absolute atomic E-state index is 0.0909. The van der Waals surface area contributed by atoms with Crippen molar-refractivity contribution < 1.29 is 19.1 Å². The van der Waals surface area contributed by atoms with E-state index in [0.29, 0.717) is 22.0 Å². The molecule has 0 radical (unpaired) electrons. The van der Waals surface area contributed by atoms with Gasteiger partial charge in [-0.3, -0.25) is 4.79 Å². The molecular formula is C15H19N3O4S2. The largest absolute Gasteiger partial charge is 0.465 e. The van der Waals surface area contributed by atoms with Gasteiger partial charge in [-0.1, -0.05) is 0 Å². The van der Waals surface area contributed by atoms with E-state index >= 15 is 0 Å². The fourth-order valence-corrected chi connectivity index (χ4v) is 4.87. The normalized spacial score (nSPS) is 24.0. The van der Waals surface area contributed by atoms with Crippen LogP contribution in [0, 0.1) is 0 Å². The number of ether oxygens (including phenoxy) is 2. The minimum atomic E-state index is -0.444. The lowest BCUT2D eigenvalue weighted by molar-refractivity contribution is -0.113. The fraction of sp³-hybridized carbons (Fsp3) is 0.533. The molecule has 0 saturated carbocycles. The molecule has 1 fully saturated rings. The number of thioether (sulfide) groups is 1. The maximum Gasteiger partial charge on any atom is 0.350 e. The van der Waals surface area contributed by atoms with Gasteiger partial charge in [-0.25, -0.2) is 9.79 Å². The van der Waals surface area contributed by atoms with E-state index in [1.165, 1.54) is 30.2 Å². The number of esters is 1. The van der Waals surface area contributed by atoms with Crippen LogP contribution in [-0.4, -0.2) is 61.3 Å². The van der Waals surface area contributed by atoms with Crippen molar-refractivity contribution in [2.24, 2.45) is 4.99 Å². The Hall–Kier alpha value is -1.58. The van der Waals surface area contributed by atoms with Gasteiger partial charge in [0.25, 0.3) is 0 Å². The summed E-state index contributed by atoms with van der Waals surface area (Å²) in [5.74, 6) is -0.192. The van der Waals surface area contributed by atoms with Gasteiger partial charge in [0, 0.05) is 13.1 Å². The summed E-state index contributed by atoms with van der Waals surface area (Å²) in [6, 6.07) is 0. The molecule has 0 aromatic carbocycles. The monoisotopic (exact) mass is 369 g/mol. The second-order valence-electron chi connectivity index (χ2n) is 5.73. The SMILES string of the molecule is COC(=O)c1sc2c(c1N=CN1C[C@@H](C)O[C@H](C)C1)NC(=O)CS2. The average Bonchev–Trinajstić information content (AvgIpc) is 2.89. The molecule has 1 aromatic rings. The summed E-state index contributed by atoms with van der Waals surface area (Å²) >= 11 is 2.71. The van der Waals surface area contributed by atoms with Gasteiger partial charge < -0.3 is 19.7 Å². The highest BCUT2D eigenvalue weighted by atomic mass is 32.2. The van der Waals surface area contributed by atoms with E-state index in [2.05, 4.69) is 15.2 Å². The van der Waals surface area contributed by atoms with Crippen molar-refractivity contribution in [1.82, 2.24) is 4.90 Å². The molecule has 0 unspecified atom stereocenters. The maximum atomic E-state index is 12.0. The van der Waals surface area contributed by atoms with Crippen molar-refractivity contribution >= 4 is 52.7 Å². The molecule has 1 aromatic heterocycles. The topological polar surface area (TPSA) is 80.2 Å². The molecule has 1 amide bonds. The molecule has 0 spiro atoms. The second-order valence-corrected chi connectivity index (χ2v) is 7.99. The zero-order chi connectivity index (χ0) is 17.3. The summed E-state index contributed by atoms with van der Waals surface area (Å²) in [7, 11) is 1.34. The minimum Gasteiger partial charge on any atom is -0.465 e. The number of aliphatic imine (C=N–C) groups is 1. The van der Waals surface area contributed by atoms with E-state index in [4.69, 9.17) is 9.47 Å². The Balaban J connectivity index is 1.91. The number of amides is 1. The van der Waals surface area contributed by atoms with E-state index in [1.807, 2.05) is 13.8 Å². The van der Waals surface area contributed by atoms with Crippen LogP contribution in [0.5, 0.6) is 0 Å². The lowest BCUT2D eigenvalue weighted by atomic mass is 10.2. The number of anilines is 1. The summed E-state index contributed by atoms with van der Waals surface area (Å²) in [4.78, 5) is 30.7. The Kier molecular flexibility index (Phi) is 5.12. The van der Waals surface area contributed by atoms with Crippen molar-refractivity contribution in [3.05, 3.63) is 4.88 Å². The summed E-state index contributed by atoms with van der Waals surface area (Å²) < 4.78 is 11.4. The van der Waals surface area contributed by atoms with E-state index in [9.17, 15) is 9.59 Å². The molecule has 7 nitrogen and oxygen atoms in total. The lowest BCUT2D eigenvalue weighted by Crippen LogP contribution is -2.44. The molecule has 1 N–H and O–H groups in total. The van der Waals surface area contributed by atoms with Gasteiger partial charge in [0.1, 0.15) is 10.6 Å².